The van der Waals surface area contributed by atoms with Crippen molar-refractivity contribution in [3.8, 4) is 5.75 Å². The number of aliphatic hydroxyl groups excluding tert-OH is 1. The molecule has 1 rings (SSSR count). The van der Waals surface area contributed by atoms with Crippen LogP contribution >= 0.6 is 0 Å². The molecule has 0 aromatic heterocycles. The van der Waals surface area contributed by atoms with Gasteiger partial charge in [0.1, 0.15) is 5.75 Å². The quantitative estimate of drug-likeness (QED) is 0.760. The number of aryl methyl sites for hydroxylation is 1. The van der Waals surface area contributed by atoms with Crippen LogP contribution in [0.4, 0.5) is 0 Å². The summed E-state index contributed by atoms with van der Waals surface area (Å²) in [5.74, 6) is 1.46. The van der Waals surface area contributed by atoms with Gasteiger partial charge in [-0.15, -0.1) is 0 Å². The van der Waals surface area contributed by atoms with Crippen LogP contribution in [-0.2, 0) is 6.42 Å². The minimum atomic E-state index is 0.151. The monoisotopic (exact) mass is 265 g/mol. The molecule has 3 N–H and O–H groups in total. The van der Waals surface area contributed by atoms with Crippen LogP contribution in [-0.4, -0.2) is 24.9 Å². The van der Waals surface area contributed by atoms with Gasteiger partial charge >= 0.3 is 0 Å². The van der Waals surface area contributed by atoms with E-state index >= 15 is 0 Å². The lowest BCUT2D eigenvalue weighted by Crippen LogP contribution is -2.20. The first-order valence-corrected chi connectivity index (χ1v) is 7.22. The highest BCUT2D eigenvalue weighted by Gasteiger charge is 2.16. The fourth-order valence-electron chi connectivity index (χ4n) is 2.36. The van der Waals surface area contributed by atoms with E-state index in [0.29, 0.717) is 19.1 Å². The molecule has 0 fully saturated rings. The average Bonchev–Trinajstić information content (AvgIpc) is 2.45. The number of nitrogens with two attached hydrogens (primary N) is 1. The van der Waals surface area contributed by atoms with E-state index < -0.39 is 0 Å². The lowest BCUT2D eigenvalue weighted by Gasteiger charge is -2.21. The van der Waals surface area contributed by atoms with Crippen LogP contribution in [0, 0.1) is 5.92 Å². The first-order valence-electron chi connectivity index (χ1n) is 7.22. The van der Waals surface area contributed by atoms with Gasteiger partial charge in [0.25, 0.3) is 0 Å². The van der Waals surface area contributed by atoms with E-state index in [0.717, 1.165) is 18.6 Å². The minimum Gasteiger partial charge on any atom is -0.494 e. The van der Waals surface area contributed by atoms with Gasteiger partial charge in [-0.25, -0.2) is 0 Å². The van der Waals surface area contributed by atoms with Crippen LogP contribution in [0.2, 0.25) is 0 Å². The Kier molecular flexibility index (Phi) is 6.89. The molecule has 19 heavy (non-hydrogen) atoms. The molecule has 2 atom stereocenters. The Morgan fingerprint density at radius 3 is 2.58 bits per heavy atom. The Morgan fingerprint density at radius 2 is 2.05 bits per heavy atom. The molecule has 1 aromatic carbocycles. The largest absolute Gasteiger partial charge is 0.494 e. The second-order valence-corrected chi connectivity index (χ2v) is 5.08. The first-order chi connectivity index (χ1) is 9.15. The summed E-state index contributed by atoms with van der Waals surface area (Å²) in [5.41, 5.74) is 8.22. The molecule has 0 aliphatic carbocycles. The van der Waals surface area contributed by atoms with Crippen LogP contribution < -0.4 is 10.5 Å². The van der Waals surface area contributed by atoms with Gasteiger partial charge in [0.15, 0.2) is 0 Å². The van der Waals surface area contributed by atoms with Gasteiger partial charge < -0.3 is 15.6 Å². The fourth-order valence-corrected chi connectivity index (χ4v) is 2.36. The molecule has 0 bridgehead atoms. The molecule has 3 heteroatoms. The lowest BCUT2D eigenvalue weighted by atomic mass is 9.89. The maximum atomic E-state index is 9.28. The molecule has 3 nitrogen and oxygen atoms in total. The van der Waals surface area contributed by atoms with Gasteiger partial charge in [-0.05, 0) is 55.3 Å². The first kappa shape index (κ1) is 16.0. The summed E-state index contributed by atoms with van der Waals surface area (Å²) in [6.07, 6.45) is 1.91. The number of hydrogen-bond donors (Lipinski definition) is 2. The Bertz CT molecular complexity index is 375. The summed E-state index contributed by atoms with van der Waals surface area (Å²) in [4.78, 5) is 0. The highest BCUT2D eigenvalue weighted by Crippen LogP contribution is 2.32. The standard InChI is InChI=1S/C16H27NO2/c1-4-13-6-7-16(19-5-2)15(9-13)12(3)8-14(10-17)11-18/h6-7,9,12,14,18H,4-5,8,10-11,17H2,1-3H3. The zero-order valence-corrected chi connectivity index (χ0v) is 12.4. The molecule has 0 radical (unpaired) electrons. The number of ether oxygens (including phenoxy) is 1. The maximum absolute atomic E-state index is 9.28. The highest BCUT2D eigenvalue weighted by molar-refractivity contribution is 5.39. The SMILES string of the molecule is CCOc1ccc(CC)cc1C(C)CC(CN)CO. The number of benzene rings is 1. The maximum Gasteiger partial charge on any atom is 0.122 e. The third-order valence-corrected chi connectivity index (χ3v) is 3.59. The van der Waals surface area contributed by atoms with Crippen molar-refractivity contribution >= 4 is 0 Å². The second kappa shape index (κ2) is 8.18. The van der Waals surface area contributed by atoms with Crippen molar-refractivity contribution in [1.29, 1.82) is 0 Å². The average molecular weight is 265 g/mol. The molecule has 2 unspecified atom stereocenters. The van der Waals surface area contributed by atoms with Crippen molar-refractivity contribution in [2.45, 2.75) is 39.5 Å². The molecular formula is C16H27NO2. The summed E-state index contributed by atoms with van der Waals surface area (Å²) >= 11 is 0. The summed E-state index contributed by atoms with van der Waals surface area (Å²) in [5, 5.41) is 9.28. The molecular weight excluding hydrogens is 238 g/mol. The van der Waals surface area contributed by atoms with E-state index in [9.17, 15) is 5.11 Å². The summed E-state index contributed by atoms with van der Waals surface area (Å²) < 4.78 is 5.71. The van der Waals surface area contributed by atoms with Crippen LogP contribution in [0.1, 0.15) is 44.2 Å². The van der Waals surface area contributed by atoms with Crippen molar-refractivity contribution in [3.05, 3.63) is 29.3 Å². The van der Waals surface area contributed by atoms with E-state index in [2.05, 4.69) is 32.0 Å². The fraction of sp³-hybridized carbons (Fsp3) is 0.625. The van der Waals surface area contributed by atoms with E-state index in [-0.39, 0.29) is 12.5 Å². The summed E-state index contributed by atoms with van der Waals surface area (Å²) in [6, 6.07) is 6.40. The molecule has 0 saturated carbocycles. The zero-order chi connectivity index (χ0) is 14.3. The van der Waals surface area contributed by atoms with Crippen molar-refractivity contribution in [2.24, 2.45) is 11.7 Å². The predicted octanol–water partition coefficient (Wildman–Crippen LogP) is 2.71. The van der Waals surface area contributed by atoms with Crippen LogP contribution in [0.15, 0.2) is 18.2 Å². The van der Waals surface area contributed by atoms with Crippen molar-refractivity contribution < 1.29 is 9.84 Å². The van der Waals surface area contributed by atoms with E-state index in [1.807, 2.05) is 6.92 Å². The molecule has 0 aliphatic heterocycles. The highest BCUT2D eigenvalue weighted by atomic mass is 16.5. The smallest absolute Gasteiger partial charge is 0.122 e. The summed E-state index contributed by atoms with van der Waals surface area (Å²) in [7, 11) is 0. The van der Waals surface area contributed by atoms with Gasteiger partial charge in [-0.2, -0.15) is 0 Å². The molecule has 0 spiro atoms. The zero-order valence-electron chi connectivity index (χ0n) is 12.4. The third-order valence-electron chi connectivity index (χ3n) is 3.59. The lowest BCUT2D eigenvalue weighted by molar-refractivity contribution is 0.216. The molecule has 0 heterocycles. The van der Waals surface area contributed by atoms with E-state index in [1.54, 1.807) is 0 Å². The molecule has 0 amide bonds. The second-order valence-electron chi connectivity index (χ2n) is 5.08. The topological polar surface area (TPSA) is 55.5 Å². The number of hydrogen-bond acceptors (Lipinski definition) is 3. The molecule has 108 valence electrons. The molecule has 0 saturated heterocycles. The number of aliphatic hydroxyl groups is 1. The minimum absolute atomic E-state index is 0.151. The van der Waals surface area contributed by atoms with Crippen LogP contribution in [0.25, 0.3) is 0 Å². The van der Waals surface area contributed by atoms with Crippen LogP contribution in [0.3, 0.4) is 0 Å². The van der Waals surface area contributed by atoms with Crippen molar-refractivity contribution in [1.82, 2.24) is 0 Å². The normalized spacial score (nSPS) is 14.2. The third kappa shape index (κ3) is 4.51. The molecule has 1 aromatic rings. The number of rotatable bonds is 8. The van der Waals surface area contributed by atoms with E-state index in [4.69, 9.17) is 10.5 Å². The van der Waals surface area contributed by atoms with Gasteiger partial charge in [-0.3, -0.25) is 0 Å². The van der Waals surface area contributed by atoms with Crippen molar-refractivity contribution in [2.75, 3.05) is 19.8 Å². The van der Waals surface area contributed by atoms with E-state index in [1.165, 1.54) is 11.1 Å². The van der Waals surface area contributed by atoms with Gasteiger partial charge in [0.05, 0.1) is 6.61 Å². The Morgan fingerprint density at radius 1 is 1.32 bits per heavy atom. The summed E-state index contributed by atoms with van der Waals surface area (Å²) in [6.45, 7) is 7.68. The van der Waals surface area contributed by atoms with Crippen molar-refractivity contribution in [3.63, 3.8) is 0 Å². The van der Waals surface area contributed by atoms with Gasteiger partial charge in [-0.1, -0.05) is 26.0 Å². The van der Waals surface area contributed by atoms with Gasteiger partial charge in [0.2, 0.25) is 0 Å². The van der Waals surface area contributed by atoms with Crippen LogP contribution in [0.5, 0.6) is 5.75 Å². The molecule has 0 aliphatic rings. The van der Waals surface area contributed by atoms with Gasteiger partial charge in [0, 0.05) is 6.61 Å². The Balaban J connectivity index is 2.93. The Hall–Kier alpha value is -1.06. The predicted molar refractivity (Wildman–Crippen MR) is 79.7 cm³/mol. The Labute approximate surface area is 116 Å².